The van der Waals surface area contributed by atoms with Crippen LogP contribution in [0.25, 0.3) is 0 Å². The summed E-state index contributed by atoms with van der Waals surface area (Å²) in [6.07, 6.45) is 1.06. The number of methoxy groups -OCH3 is 3. The highest BCUT2D eigenvalue weighted by molar-refractivity contribution is 5.54. The molecule has 0 spiro atoms. The second-order valence-electron chi connectivity index (χ2n) is 5.20. The van der Waals surface area contributed by atoms with Crippen molar-refractivity contribution in [2.75, 3.05) is 27.9 Å². The van der Waals surface area contributed by atoms with Crippen LogP contribution in [0.4, 0.5) is 0 Å². The molecule has 1 atom stereocenters. The van der Waals surface area contributed by atoms with Gasteiger partial charge < -0.3 is 19.5 Å². The molecule has 20 heavy (non-hydrogen) atoms. The second kappa shape index (κ2) is 8.00. The summed E-state index contributed by atoms with van der Waals surface area (Å²) in [5, 5.41) is 3.52. The Bertz CT molecular complexity index is 393. The van der Waals surface area contributed by atoms with Crippen LogP contribution in [0.3, 0.4) is 0 Å². The predicted octanol–water partition coefficient (Wildman–Crippen LogP) is 3.41. The molecular weight excluding hydrogens is 254 g/mol. The summed E-state index contributed by atoms with van der Waals surface area (Å²) < 4.78 is 16.2. The van der Waals surface area contributed by atoms with Crippen molar-refractivity contribution in [3.8, 4) is 17.2 Å². The molecule has 0 heterocycles. The number of hydrogen-bond acceptors (Lipinski definition) is 4. The van der Waals surface area contributed by atoms with Gasteiger partial charge in [-0.15, -0.1) is 0 Å². The summed E-state index contributed by atoms with van der Waals surface area (Å²) in [4.78, 5) is 0. The van der Waals surface area contributed by atoms with Gasteiger partial charge in [-0.05, 0) is 36.6 Å². The topological polar surface area (TPSA) is 39.7 Å². The Hall–Kier alpha value is -1.42. The largest absolute Gasteiger partial charge is 0.493 e. The number of nitrogens with one attached hydrogen (secondary N) is 1. The van der Waals surface area contributed by atoms with E-state index in [9.17, 15) is 0 Å². The van der Waals surface area contributed by atoms with Crippen molar-refractivity contribution in [1.82, 2.24) is 5.32 Å². The van der Waals surface area contributed by atoms with Gasteiger partial charge >= 0.3 is 0 Å². The monoisotopic (exact) mass is 281 g/mol. The van der Waals surface area contributed by atoms with Crippen molar-refractivity contribution in [2.24, 2.45) is 5.92 Å². The molecule has 0 bridgehead atoms. The zero-order valence-electron chi connectivity index (χ0n) is 13.4. The first kappa shape index (κ1) is 16.6. The van der Waals surface area contributed by atoms with Gasteiger partial charge in [0, 0.05) is 6.04 Å². The Morgan fingerprint density at radius 1 is 1.00 bits per heavy atom. The van der Waals surface area contributed by atoms with Gasteiger partial charge in [-0.25, -0.2) is 0 Å². The molecule has 1 aromatic carbocycles. The van der Waals surface area contributed by atoms with Crippen LogP contribution < -0.4 is 19.5 Å². The van der Waals surface area contributed by atoms with Crippen molar-refractivity contribution in [3.05, 3.63) is 17.7 Å². The summed E-state index contributed by atoms with van der Waals surface area (Å²) >= 11 is 0. The fourth-order valence-corrected chi connectivity index (χ4v) is 2.36. The van der Waals surface area contributed by atoms with Gasteiger partial charge in [-0.1, -0.05) is 20.8 Å². The van der Waals surface area contributed by atoms with E-state index in [-0.39, 0.29) is 6.04 Å². The van der Waals surface area contributed by atoms with Crippen molar-refractivity contribution in [3.63, 3.8) is 0 Å². The smallest absolute Gasteiger partial charge is 0.203 e. The molecule has 1 N–H and O–H groups in total. The Balaban J connectivity index is 3.20. The minimum atomic E-state index is 0.286. The van der Waals surface area contributed by atoms with Gasteiger partial charge in [-0.2, -0.15) is 0 Å². The van der Waals surface area contributed by atoms with E-state index in [1.165, 1.54) is 0 Å². The molecule has 0 radical (unpaired) electrons. The SMILES string of the molecule is CCNC(CC(C)C)c1cc(OC)c(OC)c(OC)c1. The Labute approximate surface area is 122 Å². The number of rotatable bonds is 8. The first-order valence-corrected chi connectivity index (χ1v) is 7.10. The lowest BCUT2D eigenvalue weighted by Crippen LogP contribution is -2.22. The second-order valence-corrected chi connectivity index (χ2v) is 5.20. The van der Waals surface area contributed by atoms with Crippen LogP contribution >= 0.6 is 0 Å². The quantitative estimate of drug-likeness (QED) is 0.792. The zero-order valence-corrected chi connectivity index (χ0v) is 13.4. The number of ether oxygens (including phenoxy) is 3. The minimum absolute atomic E-state index is 0.286. The molecule has 0 aliphatic rings. The summed E-state index contributed by atoms with van der Waals surface area (Å²) in [5.41, 5.74) is 1.16. The average Bonchev–Trinajstić information content (AvgIpc) is 2.44. The van der Waals surface area contributed by atoms with Crippen LogP contribution in [0.15, 0.2) is 12.1 Å². The molecule has 114 valence electrons. The van der Waals surface area contributed by atoms with Crippen molar-refractivity contribution >= 4 is 0 Å². The summed E-state index contributed by atoms with van der Waals surface area (Å²) in [6, 6.07) is 4.34. The molecule has 0 aromatic heterocycles. The fourth-order valence-electron chi connectivity index (χ4n) is 2.36. The molecular formula is C16H27NO3. The highest BCUT2D eigenvalue weighted by Gasteiger charge is 2.19. The van der Waals surface area contributed by atoms with Crippen LogP contribution in [0.1, 0.15) is 38.8 Å². The van der Waals surface area contributed by atoms with Gasteiger partial charge in [0.15, 0.2) is 11.5 Å². The maximum absolute atomic E-state index is 5.42. The maximum Gasteiger partial charge on any atom is 0.203 e. The Kier molecular flexibility index (Phi) is 6.65. The molecule has 0 fully saturated rings. The first-order valence-electron chi connectivity index (χ1n) is 7.10. The lowest BCUT2D eigenvalue weighted by atomic mass is 9.96. The standard InChI is InChI=1S/C16H27NO3/c1-7-17-13(8-11(2)3)12-9-14(18-4)16(20-6)15(10-12)19-5/h9-11,13,17H,7-8H2,1-6H3. The normalized spacial score (nSPS) is 12.3. The van der Waals surface area contributed by atoms with Crippen LogP contribution in [0, 0.1) is 5.92 Å². The third-order valence-electron chi connectivity index (χ3n) is 3.25. The molecule has 0 aliphatic heterocycles. The molecule has 1 rings (SSSR count). The highest BCUT2D eigenvalue weighted by Crippen LogP contribution is 2.40. The molecule has 0 amide bonds. The van der Waals surface area contributed by atoms with Gasteiger partial charge in [0.25, 0.3) is 0 Å². The number of hydrogen-bond donors (Lipinski definition) is 1. The molecule has 1 unspecified atom stereocenters. The summed E-state index contributed by atoms with van der Waals surface area (Å²) in [5.74, 6) is 2.65. The summed E-state index contributed by atoms with van der Waals surface area (Å²) in [6.45, 7) is 7.49. The van der Waals surface area contributed by atoms with E-state index in [0.29, 0.717) is 23.2 Å². The van der Waals surface area contributed by atoms with E-state index in [1.54, 1.807) is 21.3 Å². The lowest BCUT2D eigenvalue weighted by Gasteiger charge is -2.22. The Morgan fingerprint density at radius 2 is 1.55 bits per heavy atom. The van der Waals surface area contributed by atoms with Gasteiger partial charge in [0.05, 0.1) is 21.3 Å². The van der Waals surface area contributed by atoms with Gasteiger partial charge in [0.2, 0.25) is 5.75 Å². The van der Waals surface area contributed by atoms with Gasteiger partial charge in [0.1, 0.15) is 0 Å². The molecule has 0 aliphatic carbocycles. The zero-order chi connectivity index (χ0) is 15.1. The molecule has 4 heteroatoms. The summed E-state index contributed by atoms with van der Waals surface area (Å²) in [7, 11) is 4.91. The molecule has 1 aromatic rings. The van der Waals surface area contributed by atoms with Crippen molar-refractivity contribution in [2.45, 2.75) is 33.2 Å². The minimum Gasteiger partial charge on any atom is -0.493 e. The number of benzene rings is 1. The van der Waals surface area contributed by atoms with E-state index >= 15 is 0 Å². The van der Waals surface area contributed by atoms with E-state index in [1.807, 2.05) is 12.1 Å². The van der Waals surface area contributed by atoms with Crippen LogP contribution in [0.5, 0.6) is 17.2 Å². The van der Waals surface area contributed by atoms with Crippen LogP contribution in [-0.4, -0.2) is 27.9 Å². The van der Waals surface area contributed by atoms with E-state index in [2.05, 4.69) is 26.1 Å². The maximum atomic E-state index is 5.42. The highest BCUT2D eigenvalue weighted by atomic mass is 16.5. The first-order chi connectivity index (χ1) is 9.57. The molecule has 4 nitrogen and oxygen atoms in total. The predicted molar refractivity (Wildman–Crippen MR) is 82.0 cm³/mol. The molecule has 0 saturated carbocycles. The lowest BCUT2D eigenvalue weighted by molar-refractivity contribution is 0.322. The van der Waals surface area contributed by atoms with E-state index in [0.717, 1.165) is 18.5 Å². The Morgan fingerprint density at radius 3 is 1.90 bits per heavy atom. The van der Waals surface area contributed by atoms with E-state index in [4.69, 9.17) is 14.2 Å². The average molecular weight is 281 g/mol. The third-order valence-corrected chi connectivity index (χ3v) is 3.25. The third kappa shape index (κ3) is 4.04. The van der Waals surface area contributed by atoms with Crippen LogP contribution in [-0.2, 0) is 0 Å². The van der Waals surface area contributed by atoms with Crippen molar-refractivity contribution in [1.29, 1.82) is 0 Å². The van der Waals surface area contributed by atoms with Crippen LogP contribution in [0.2, 0.25) is 0 Å². The fraction of sp³-hybridized carbons (Fsp3) is 0.625. The van der Waals surface area contributed by atoms with Gasteiger partial charge in [-0.3, -0.25) is 0 Å². The van der Waals surface area contributed by atoms with Crippen molar-refractivity contribution < 1.29 is 14.2 Å². The van der Waals surface area contributed by atoms with E-state index < -0.39 is 0 Å². The molecule has 0 saturated heterocycles.